The maximum Gasteiger partial charge on any atom is 0.267 e. The van der Waals surface area contributed by atoms with Gasteiger partial charge in [-0.05, 0) is 61.7 Å². The lowest BCUT2D eigenvalue weighted by Gasteiger charge is -2.30. The van der Waals surface area contributed by atoms with Crippen molar-refractivity contribution >= 4 is 44.9 Å². The smallest absolute Gasteiger partial charge is 0.267 e. The normalized spacial score (nSPS) is 21.6. The van der Waals surface area contributed by atoms with E-state index < -0.39 is 0 Å². The number of benzene rings is 1. The Morgan fingerprint density at radius 1 is 1.21 bits per heavy atom. The fourth-order valence-corrected chi connectivity index (χ4v) is 5.48. The molecule has 1 aliphatic carbocycles. The predicted molar refractivity (Wildman–Crippen MR) is 114 cm³/mol. The number of rotatable bonds is 3. The Bertz CT molecular complexity index is 943. The summed E-state index contributed by atoms with van der Waals surface area (Å²) in [6.45, 7) is 3.86. The monoisotopic (exact) mass is 415 g/mol. The van der Waals surface area contributed by atoms with Gasteiger partial charge in [0.25, 0.3) is 5.91 Å². The third kappa shape index (κ3) is 3.91. The highest BCUT2D eigenvalue weighted by molar-refractivity contribution is 8.18. The number of halogens is 1. The van der Waals surface area contributed by atoms with Crippen LogP contribution in [0.2, 0.25) is 0 Å². The Balaban J connectivity index is 1.73. The van der Waals surface area contributed by atoms with Gasteiger partial charge in [0, 0.05) is 11.4 Å². The molecule has 2 aromatic rings. The maximum atomic E-state index is 13.4. The van der Waals surface area contributed by atoms with Crippen LogP contribution in [0.1, 0.15) is 50.3 Å². The van der Waals surface area contributed by atoms with Crippen LogP contribution < -0.4 is 0 Å². The molecule has 0 bridgehead atoms. The summed E-state index contributed by atoms with van der Waals surface area (Å²) in [7, 11) is 0. The van der Waals surface area contributed by atoms with Crippen LogP contribution >= 0.6 is 23.1 Å². The number of carbonyl (C=O) groups excluding carboxylic acids is 1. The fourth-order valence-electron chi connectivity index (χ4n) is 3.66. The number of aliphatic imine (C=N–C) groups is 1. The van der Waals surface area contributed by atoms with E-state index in [1.807, 2.05) is 24.1 Å². The molecule has 1 aromatic carbocycles. The van der Waals surface area contributed by atoms with Crippen molar-refractivity contribution in [3.8, 4) is 0 Å². The summed E-state index contributed by atoms with van der Waals surface area (Å²) in [6, 6.07) is 6.48. The molecule has 28 heavy (non-hydrogen) atoms. The number of thioether (sulfide) groups is 1. The van der Waals surface area contributed by atoms with Gasteiger partial charge in [-0.1, -0.05) is 31.4 Å². The largest absolute Gasteiger partial charge is 0.283 e. The summed E-state index contributed by atoms with van der Waals surface area (Å²) in [4.78, 5) is 25.1. The van der Waals surface area contributed by atoms with E-state index in [1.165, 1.54) is 41.7 Å². The van der Waals surface area contributed by atoms with E-state index in [1.54, 1.807) is 12.1 Å². The first-order valence-electron chi connectivity index (χ1n) is 9.52. The number of carbonyl (C=O) groups is 1. The average Bonchev–Trinajstić information content (AvgIpc) is 3.25. The topological polar surface area (TPSA) is 45.6 Å². The molecule has 0 radical (unpaired) electrons. The molecule has 0 atom stereocenters. The molecule has 7 heteroatoms. The van der Waals surface area contributed by atoms with Crippen molar-refractivity contribution in [1.29, 1.82) is 0 Å². The van der Waals surface area contributed by atoms with E-state index in [9.17, 15) is 9.18 Å². The lowest BCUT2D eigenvalue weighted by Crippen LogP contribution is -2.40. The molecule has 1 saturated carbocycles. The number of allylic oxidation sites excluding steroid dienone is 1. The molecular formula is C21H22FN3OS2. The van der Waals surface area contributed by atoms with Crippen molar-refractivity contribution in [3.63, 3.8) is 0 Å². The number of nitrogens with zero attached hydrogens (tertiary/aromatic N) is 3. The van der Waals surface area contributed by atoms with Crippen molar-refractivity contribution in [3.05, 3.63) is 51.6 Å². The Labute approximate surface area is 172 Å². The zero-order valence-electron chi connectivity index (χ0n) is 15.9. The molecule has 4 rings (SSSR count). The van der Waals surface area contributed by atoms with E-state index in [0.29, 0.717) is 15.2 Å². The first-order valence-corrected chi connectivity index (χ1v) is 11.2. The lowest BCUT2D eigenvalue weighted by molar-refractivity contribution is -0.124. The van der Waals surface area contributed by atoms with Crippen LogP contribution in [0.4, 0.5) is 9.52 Å². The molecule has 1 aliphatic heterocycles. The van der Waals surface area contributed by atoms with E-state index in [0.717, 1.165) is 42.5 Å². The van der Waals surface area contributed by atoms with E-state index in [2.05, 4.69) is 4.98 Å². The van der Waals surface area contributed by atoms with Gasteiger partial charge in [-0.3, -0.25) is 9.69 Å². The van der Waals surface area contributed by atoms with Crippen LogP contribution in [0.25, 0.3) is 5.57 Å². The predicted octanol–water partition coefficient (Wildman–Crippen LogP) is 5.92. The highest BCUT2D eigenvalue weighted by atomic mass is 32.2. The Morgan fingerprint density at radius 2 is 1.93 bits per heavy atom. The van der Waals surface area contributed by atoms with Crippen molar-refractivity contribution < 1.29 is 9.18 Å². The van der Waals surface area contributed by atoms with Gasteiger partial charge in [0.05, 0.1) is 10.6 Å². The molecular weight excluding hydrogens is 393 g/mol. The summed E-state index contributed by atoms with van der Waals surface area (Å²) >= 11 is 2.90. The number of hydrogen-bond donors (Lipinski definition) is 0. The molecule has 0 spiro atoms. The maximum absolute atomic E-state index is 13.4. The van der Waals surface area contributed by atoms with E-state index >= 15 is 0 Å². The minimum atomic E-state index is -0.280. The van der Waals surface area contributed by atoms with Crippen molar-refractivity contribution in [2.75, 3.05) is 0 Å². The molecule has 2 fully saturated rings. The zero-order chi connectivity index (χ0) is 19.7. The zero-order valence-corrected chi connectivity index (χ0v) is 17.6. The Morgan fingerprint density at radius 3 is 2.57 bits per heavy atom. The van der Waals surface area contributed by atoms with Gasteiger partial charge in [-0.25, -0.2) is 9.37 Å². The lowest BCUT2D eigenvalue weighted by atomic mass is 9.94. The SMILES string of the molecule is C/C(=C1/S/C(=N/c2nc(C)cs2)N(C2CCCCC2)C1=O)c1ccc(F)cc1. The summed E-state index contributed by atoms with van der Waals surface area (Å²) in [5.41, 5.74) is 2.64. The van der Waals surface area contributed by atoms with Crippen LogP contribution in [0.5, 0.6) is 0 Å². The second-order valence-corrected chi connectivity index (χ2v) is 9.01. The summed E-state index contributed by atoms with van der Waals surface area (Å²) in [5, 5.41) is 3.35. The third-order valence-electron chi connectivity index (χ3n) is 5.17. The first kappa shape index (κ1) is 19.3. The molecule has 146 valence electrons. The van der Waals surface area contributed by atoms with Gasteiger partial charge in [0.15, 0.2) is 5.17 Å². The van der Waals surface area contributed by atoms with Gasteiger partial charge in [0.2, 0.25) is 5.13 Å². The quantitative estimate of drug-likeness (QED) is 0.585. The van der Waals surface area contributed by atoms with Gasteiger partial charge in [0.1, 0.15) is 5.82 Å². The van der Waals surface area contributed by atoms with E-state index in [4.69, 9.17) is 4.99 Å². The fraction of sp³-hybridized carbons (Fsp3) is 0.381. The van der Waals surface area contributed by atoms with Crippen LogP contribution in [-0.4, -0.2) is 27.0 Å². The minimum Gasteiger partial charge on any atom is -0.283 e. The Kier molecular flexibility index (Phi) is 5.64. The molecule has 0 N–H and O–H groups in total. The molecule has 0 unspecified atom stereocenters. The number of hydrogen-bond acceptors (Lipinski definition) is 5. The minimum absolute atomic E-state index is 0.00533. The Hall–Kier alpha value is -1.99. The molecule has 1 amide bonds. The average molecular weight is 416 g/mol. The van der Waals surface area contributed by atoms with Gasteiger partial charge in [-0.15, -0.1) is 11.3 Å². The van der Waals surface area contributed by atoms with Crippen molar-refractivity contribution in [2.45, 2.75) is 52.0 Å². The van der Waals surface area contributed by atoms with Crippen LogP contribution in [0.3, 0.4) is 0 Å². The second-order valence-electron chi connectivity index (χ2n) is 7.20. The number of amides is 1. The summed E-state index contributed by atoms with van der Waals surface area (Å²) in [6.07, 6.45) is 5.51. The number of amidine groups is 1. The molecule has 2 heterocycles. The molecule has 2 aliphatic rings. The second kappa shape index (κ2) is 8.17. The van der Waals surface area contributed by atoms with Crippen LogP contribution in [-0.2, 0) is 4.79 Å². The standard InChI is InChI=1S/C21H22FN3OS2/c1-13-12-27-20(23-13)24-21-25(17-6-4-3-5-7-17)19(26)18(28-21)14(2)15-8-10-16(22)11-9-15/h8-12,17H,3-7H2,1-2H3/b18-14-,24-21+. The van der Waals surface area contributed by atoms with Gasteiger partial charge < -0.3 is 0 Å². The van der Waals surface area contributed by atoms with E-state index in [-0.39, 0.29) is 17.8 Å². The first-order chi connectivity index (χ1) is 13.5. The van der Waals surface area contributed by atoms with Gasteiger partial charge in [-0.2, -0.15) is 4.99 Å². The van der Waals surface area contributed by atoms with Crippen LogP contribution in [0, 0.1) is 12.7 Å². The molecule has 1 saturated heterocycles. The molecule has 1 aromatic heterocycles. The molecule has 4 nitrogen and oxygen atoms in total. The highest BCUT2D eigenvalue weighted by Crippen LogP contribution is 2.41. The van der Waals surface area contributed by atoms with Crippen molar-refractivity contribution in [2.24, 2.45) is 4.99 Å². The highest BCUT2D eigenvalue weighted by Gasteiger charge is 2.40. The van der Waals surface area contributed by atoms with Gasteiger partial charge >= 0.3 is 0 Å². The number of aryl methyl sites for hydroxylation is 1. The van der Waals surface area contributed by atoms with Crippen molar-refractivity contribution in [1.82, 2.24) is 9.88 Å². The summed E-state index contributed by atoms with van der Waals surface area (Å²) in [5.74, 6) is -0.275. The number of aromatic nitrogens is 1. The summed E-state index contributed by atoms with van der Waals surface area (Å²) < 4.78 is 13.3. The number of thiazole rings is 1. The van der Waals surface area contributed by atoms with Crippen LogP contribution in [0.15, 0.2) is 39.5 Å². The third-order valence-corrected chi connectivity index (χ3v) is 7.18.